The van der Waals surface area contributed by atoms with Crippen molar-refractivity contribution in [3.05, 3.63) is 16.6 Å². The van der Waals surface area contributed by atoms with Crippen LogP contribution in [0.25, 0.3) is 0 Å². The molecule has 15 heavy (non-hydrogen) atoms. The van der Waals surface area contributed by atoms with Crippen LogP contribution < -0.4 is 5.32 Å². The lowest BCUT2D eigenvalue weighted by molar-refractivity contribution is 0.327. The van der Waals surface area contributed by atoms with Crippen LogP contribution in [0.4, 0.5) is 0 Å². The Labute approximate surface area is 95.5 Å². The molecule has 0 radical (unpaired) electrons. The van der Waals surface area contributed by atoms with Crippen LogP contribution in [0.15, 0.2) is 11.6 Å². The maximum Gasteiger partial charge on any atom is 0.0937 e. The summed E-state index contributed by atoms with van der Waals surface area (Å²) >= 11 is 1.74. The molecule has 2 atom stereocenters. The van der Waals surface area contributed by atoms with E-state index in [4.69, 9.17) is 0 Å². The first-order valence-electron chi connectivity index (χ1n) is 5.57. The van der Waals surface area contributed by atoms with Gasteiger partial charge in [0.25, 0.3) is 0 Å². The molecule has 0 aliphatic carbocycles. The number of hydrogen-bond acceptors (Lipinski definition) is 4. The van der Waals surface area contributed by atoms with Crippen LogP contribution >= 0.6 is 11.3 Å². The summed E-state index contributed by atoms with van der Waals surface area (Å²) in [4.78, 5) is 6.70. The second kappa shape index (κ2) is 5.05. The molecule has 1 fully saturated rings. The van der Waals surface area contributed by atoms with E-state index in [2.05, 4.69) is 29.2 Å². The Morgan fingerprint density at radius 2 is 2.53 bits per heavy atom. The molecule has 1 aliphatic rings. The molecule has 0 amide bonds. The average Bonchev–Trinajstić information content (AvgIpc) is 2.79. The molecule has 1 aromatic rings. The van der Waals surface area contributed by atoms with Gasteiger partial charge in [0.15, 0.2) is 0 Å². The normalized spacial score (nSPS) is 27.3. The first kappa shape index (κ1) is 11.0. The molecule has 4 heteroatoms. The molecule has 1 aromatic heterocycles. The zero-order chi connectivity index (χ0) is 10.7. The van der Waals surface area contributed by atoms with Crippen LogP contribution in [0.1, 0.15) is 18.4 Å². The highest BCUT2D eigenvalue weighted by atomic mass is 32.1. The highest BCUT2D eigenvalue weighted by molar-refractivity contribution is 7.09. The number of likely N-dealkylation sites (N-methyl/N-ethyl adjacent to an activating group) is 1. The zero-order valence-corrected chi connectivity index (χ0v) is 10.3. The van der Waals surface area contributed by atoms with Crippen LogP contribution in [0.3, 0.4) is 0 Å². The molecule has 3 nitrogen and oxygen atoms in total. The molecule has 0 saturated carbocycles. The van der Waals surface area contributed by atoms with E-state index in [-0.39, 0.29) is 0 Å². The second-order valence-corrected chi connectivity index (χ2v) is 5.33. The Morgan fingerprint density at radius 3 is 3.13 bits per heavy atom. The van der Waals surface area contributed by atoms with Crippen molar-refractivity contribution in [1.29, 1.82) is 0 Å². The average molecular weight is 225 g/mol. The standard InChI is InChI=1S/C11H19N3S/c1-9-7-10(8-14(9)2)12-4-3-11-13-5-6-15-11/h5-6,9-10,12H,3-4,7-8H2,1-2H3. The van der Waals surface area contributed by atoms with Gasteiger partial charge in [-0.1, -0.05) is 0 Å². The van der Waals surface area contributed by atoms with Gasteiger partial charge in [0.1, 0.15) is 0 Å². The Bertz CT molecular complexity index is 276. The van der Waals surface area contributed by atoms with Crippen LogP contribution in [0.5, 0.6) is 0 Å². The molecule has 84 valence electrons. The zero-order valence-electron chi connectivity index (χ0n) is 9.44. The molecule has 0 bridgehead atoms. The van der Waals surface area contributed by atoms with E-state index in [1.807, 2.05) is 11.6 Å². The number of hydrogen-bond donors (Lipinski definition) is 1. The summed E-state index contributed by atoms with van der Waals surface area (Å²) in [6, 6.07) is 1.40. The lowest BCUT2D eigenvalue weighted by Gasteiger charge is -2.13. The summed E-state index contributed by atoms with van der Waals surface area (Å²) < 4.78 is 0. The number of nitrogens with zero attached hydrogens (tertiary/aromatic N) is 2. The number of aromatic nitrogens is 1. The van der Waals surface area contributed by atoms with Gasteiger partial charge in [-0.15, -0.1) is 11.3 Å². The van der Waals surface area contributed by atoms with E-state index < -0.39 is 0 Å². The highest BCUT2D eigenvalue weighted by Gasteiger charge is 2.25. The number of nitrogens with one attached hydrogen (secondary N) is 1. The topological polar surface area (TPSA) is 28.2 Å². The first-order valence-corrected chi connectivity index (χ1v) is 6.45. The van der Waals surface area contributed by atoms with Crippen LogP contribution in [0, 0.1) is 0 Å². The molecule has 1 saturated heterocycles. The van der Waals surface area contributed by atoms with Crippen LogP contribution in [-0.2, 0) is 6.42 Å². The van der Waals surface area contributed by atoms with Crippen molar-refractivity contribution in [1.82, 2.24) is 15.2 Å². The van der Waals surface area contributed by atoms with Crippen LogP contribution in [0.2, 0.25) is 0 Å². The second-order valence-electron chi connectivity index (χ2n) is 4.35. The lowest BCUT2D eigenvalue weighted by Crippen LogP contribution is -2.32. The summed E-state index contributed by atoms with van der Waals surface area (Å²) in [6.45, 7) is 4.53. The summed E-state index contributed by atoms with van der Waals surface area (Å²) in [5.74, 6) is 0. The summed E-state index contributed by atoms with van der Waals surface area (Å²) in [7, 11) is 2.20. The minimum absolute atomic E-state index is 0.671. The molecule has 2 unspecified atom stereocenters. The fraction of sp³-hybridized carbons (Fsp3) is 0.727. The quantitative estimate of drug-likeness (QED) is 0.839. The minimum atomic E-state index is 0.671. The van der Waals surface area contributed by atoms with E-state index in [0.29, 0.717) is 6.04 Å². The molecule has 2 rings (SSSR count). The van der Waals surface area contributed by atoms with Gasteiger partial charge in [-0.2, -0.15) is 0 Å². The SMILES string of the molecule is CC1CC(NCCc2nccs2)CN1C. The molecule has 0 spiro atoms. The molecule has 2 heterocycles. The third-order valence-electron chi connectivity index (χ3n) is 3.14. The Morgan fingerprint density at radius 1 is 1.67 bits per heavy atom. The fourth-order valence-electron chi connectivity index (χ4n) is 2.10. The predicted octanol–water partition coefficient (Wildman–Crippen LogP) is 1.37. The van der Waals surface area contributed by atoms with Gasteiger partial charge in [-0.05, 0) is 20.4 Å². The van der Waals surface area contributed by atoms with Crippen molar-refractivity contribution in [3.8, 4) is 0 Å². The Balaban J connectivity index is 1.67. The first-order chi connectivity index (χ1) is 7.25. The van der Waals surface area contributed by atoms with E-state index in [9.17, 15) is 0 Å². The number of likely N-dealkylation sites (tertiary alicyclic amines) is 1. The minimum Gasteiger partial charge on any atom is -0.312 e. The van der Waals surface area contributed by atoms with Crippen molar-refractivity contribution < 1.29 is 0 Å². The van der Waals surface area contributed by atoms with Crippen LogP contribution in [-0.4, -0.2) is 42.1 Å². The van der Waals surface area contributed by atoms with E-state index in [1.54, 1.807) is 11.3 Å². The van der Waals surface area contributed by atoms with Crippen molar-refractivity contribution in [2.24, 2.45) is 0 Å². The van der Waals surface area contributed by atoms with E-state index in [0.717, 1.165) is 19.0 Å². The Kier molecular flexibility index (Phi) is 3.72. The smallest absolute Gasteiger partial charge is 0.0937 e. The van der Waals surface area contributed by atoms with Gasteiger partial charge in [0.2, 0.25) is 0 Å². The largest absolute Gasteiger partial charge is 0.312 e. The molecule has 1 aliphatic heterocycles. The summed E-state index contributed by atoms with van der Waals surface area (Å²) in [5.41, 5.74) is 0. The summed E-state index contributed by atoms with van der Waals surface area (Å²) in [6.07, 6.45) is 4.21. The third-order valence-corrected chi connectivity index (χ3v) is 3.98. The van der Waals surface area contributed by atoms with Crippen molar-refractivity contribution >= 4 is 11.3 Å². The van der Waals surface area contributed by atoms with Crippen molar-refractivity contribution in [3.63, 3.8) is 0 Å². The van der Waals surface area contributed by atoms with Gasteiger partial charge in [0, 0.05) is 43.2 Å². The van der Waals surface area contributed by atoms with Gasteiger partial charge in [-0.25, -0.2) is 4.98 Å². The maximum atomic E-state index is 4.28. The van der Waals surface area contributed by atoms with Gasteiger partial charge >= 0.3 is 0 Å². The fourth-order valence-corrected chi connectivity index (χ4v) is 2.72. The maximum absolute atomic E-state index is 4.28. The number of rotatable bonds is 4. The molecule has 1 N–H and O–H groups in total. The monoisotopic (exact) mass is 225 g/mol. The van der Waals surface area contributed by atoms with E-state index in [1.165, 1.54) is 18.0 Å². The predicted molar refractivity (Wildman–Crippen MR) is 64.3 cm³/mol. The van der Waals surface area contributed by atoms with Crippen molar-refractivity contribution in [2.75, 3.05) is 20.1 Å². The number of thiazole rings is 1. The molecule has 0 aromatic carbocycles. The molecular weight excluding hydrogens is 206 g/mol. The third kappa shape index (κ3) is 3.00. The van der Waals surface area contributed by atoms with Gasteiger partial charge < -0.3 is 10.2 Å². The molecular formula is C11H19N3S. The van der Waals surface area contributed by atoms with Gasteiger partial charge in [-0.3, -0.25) is 0 Å². The van der Waals surface area contributed by atoms with Gasteiger partial charge in [0.05, 0.1) is 5.01 Å². The summed E-state index contributed by atoms with van der Waals surface area (Å²) in [5, 5.41) is 6.89. The van der Waals surface area contributed by atoms with Crippen molar-refractivity contribution in [2.45, 2.75) is 31.8 Å². The Hall–Kier alpha value is -0.450. The highest BCUT2D eigenvalue weighted by Crippen LogP contribution is 2.14. The van der Waals surface area contributed by atoms with E-state index >= 15 is 0 Å². The lowest BCUT2D eigenvalue weighted by atomic mass is 10.2.